The first-order chi connectivity index (χ1) is 10.1. The number of aromatic nitrogens is 1. The van der Waals surface area contributed by atoms with Gasteiger partial charge >= 0.3 is 0 Å². The highest BCUT2D eigenvalue weighted by Crippen LogP contribution is 2.17. The monoisotopic (exact) mass is 289 g/mol. The molecule has 0 unspecified atom stereocenters. The second kappa shape index (κ2) is 6.78. The third-order valence-electron chi connectivity index (χ3n) is 2.82. The first-order valence-electron chi connectivity index (χ1n) is 6.82. The fraction of sp³-hybridized carbons (Fsp3) is 0.333. The molecule has 0 radical (unpaired) electrons. The number of amides is 1. The maximum Gasteiger partial charge on any atom is 0.248 e. The van der Waals surface area contributed by atoms with E-state index in [-0.39, 0.29) is 5.91 Å². The van der Waals surface area contributed by atoms with Gasteiger partial charge in [0.25, 0.3) is 0 Å². The van der Waals surface area contributed by atoms with E-state index < -0.39 is 6.04 Å². The number of hydrogen-bond acceptors (Lipinski definition) is 5. The van der Waals surface area contributed by atoms with E-state index in [1.165, 1.54) is 0 Å². The molecule has 0 bridgehead atoms. The number of rotatable bonds is 6. The lowest BCUT2D eigenvalue weighted by Crippen LogP contribution is -2.31. The lowest BCUT2D eigenvalue weighted by Gasteiger charge is -2.14. The number of anilines is 2. The van der Waals surface area contributed by atoms with Crippen molar-refractivity contribution in [1.82, 2.24) is 5.16 Å². The molecule has 2 aromatic rings. The molecule has 0 saturated carbocycles. The van der Waals surface area contributed by atoms with Crippen molar-refractivity contribution in [1.29, 1.82) is 0 Å². The van der Waals surface area contributed by atoms with E-state index in [0.717, 1.165) is 17.1 Å². The van der Waals surface area contributed by atoms with Crippen molar-refractivity contribution in [3.05, 3.63) is 36.0 Å². The summed E-state index contributed by atoms with van der Waals surface area (Å²) in [4.78, 5) is 12.0. The third-order valence-corrected chi connectivity index (χ3v) is 2.82. The molecular formula is C15H19N3O3. The molecule has 112 valence electrons. The summed E-state index contributed by atoms with van der Waals surface area (Å²) in [5.74, 6) is 0.954. The van der Waals surface area contributed by atoms with E-state index in [9.17, 15) is 4.79 Å². The Morgan fingerprint density at radius 2 is 2.10 bits per heavy atom. The Bertz CT molecular complexity index is 592. The van der Waals surface area contributed by atoms with Crippen LogP contribution in [-0.4, -0.2) is 23.7 Å². The molecule has 1 aromatic heterocycles. The second-order valence-electron chi connectivity index (χ2n) is 4.65. The Morgan fingerprint density at radius 3 is 2.67 bits per heavy atom. The highest BCUT2D eigenvalue weighted by atomic mass is 16.5. The average molecular weight is 289 g/mol. The second-order valence-corrected chi connectivity index (χ2v) is 4.65. The third kappa shape index (κ3) is 4.24. The largest absolute Gasteiger partial charge is 0.494 e. The van der Waals surface area contributed by atoms with E-state index in [4.69, 9.17) is 9.26 Å². The zero-order valence-electron chi connectivity index (χ0n) is 12.3. The molecule has 0 aliphatic heterocycles. The summed E-state index contributed by atoms with van der Waals surface area (Å²) < 4.78 is 10.3. The van der Waals surface area contributed by atoms with Crippen LogP contribution in [0.25, 0.3) is 0 Å². The normalized spacial score (nSPS) is 11.8. The maximum absolute atomic E-state index is 12.0. The Balaban J connectivity index is 1.90. The number of nitrogens with zero attached hydrogens (tertiary/aromatic N) is 1. The van der Waals surface area contributed by atoms with Crippen molar-refractivity contribution in [3.8, 4) is 5.75 Å². The standard InChI is InChI=1S/C15H19N3O3/c1-4-20-13-7-5-12(6-8-13)16-11(3)15(19)17-14-9-10(2)18-21-14/h5-9,11,16H,4H2,1-3H3,(H,17,19)/t11-/m0/s1. The highest BCUT2D eigenvalue weighted by molar-refractivity contribution is 5.95. The van der Waals surface area contributed by atoms with Gasteiger partial charge in [-0.1, -0.05) is 5.16 Å². The van der Waals surface area contributed by atoms with Gasteiger partial charge < -0.3 is 14.6 Å². The minimum absolute atomic E-state index is 0.194. The Morgan fingerprint density at radius 1 is 1.38 bits per heavy atom. The van der Waals surface area contributed by atoms with Crippen LogP contribution in [0.2, 0.25) is 0 Å². The van der Waals surface area contributed by atoms with Crippen molar-refractivity contribution >= 4 is 17.5 Å². The van der Waals surface area contributed by atoms with Crippen molar-refractivity contribution in [2.45, 2.75) is 26.8 Å². The zero-order valence-corrected chi connectivity index (χ0v) is 12.3. The Hall–Kier alpha value is -2.50. The molecule has 1 aromatic carbocycles. The van der Waals surface area contributed by atoms with Crippen molar-refractivity contribution in [3.63, 3.8) is 0 Å². The summed E-state index contributed by atoms with van der Waals surface area (Å²) in [6.45, 7) is 6.13. The van der Waals surface area contributed by atoms with Crippen LogP contribution in [0.4, 0.5) is 11.6 Å². The molecule has 0 aliphatic rings. The zero-order chi connectivity index (χ0) is 15.2. The maximum atomic E-state index is 12.0. The van der Waals surface area contributed by atoms with Crippen LogP contribution in [0.3, 0.4) is 0 Å². The molecule has 0 spiro atoms. The molecule has 0 aliphatic carbocycles. The topological polar surface area (TPSA) is 76.4 Å². The number of nitrogens with one attached hydrogen (secondary N) is 2. The molecule has 21 heavy (non-hydrogen) atoms. The summed E-state index contributed by atoms with van der Waals surface area (Å²) in [6.07, 6.45) is 0. The number of aryl methyl sites for hydroxylation is 1. The van der Waals surface area contributed by atoms with E-state index in [1.807, 2.05) is 31.2 Å². The van der Waals surface area contributed by atoms with Gasteiger partial charge in [0.2, 0.25) is 11.8 Å². The molecule has 0 saturated heterocycles. The molecule has 1 heterocycles. The predicted molar refractivity (Wildman–Crippen MR) is 80.6 cm³/mol. The van der Waals surface area contributed by atoms with Gasteiger partial charge in [-0.05, 0) is 45.0 Å². The first-order valence-corrected chi connectivity index (χ1v) is 6.82. The number of carbonyl (C=O) groups excluding carboxylic acids is 1. The van der Waals surface area contributed by atoms with E-state index in [2.05, 4.69) is 15.8 Å². The molecule has 2 rings (SSSR count). The first kappa shape index (κ1) is 14.9. The fourth-order valence-corrected chi connectivity index (χ4v) is 1.78. The van der Waals surface area contributed by atoms with Gasteiger partial charge in [-0.3, -0.25) is 10.1 Å². The molecular weight excluding hydrogens is 270 g/mol. The van der Waals surface area contributed by atoms with Crippen LogP contribution in [0, 0.1) is 6.92 Å². The predicted octanol–water partition coefficient (Wildman–Crippen LogP) is 2.82. The van der Waals surface area contributed by atoms with Crippen LogP contribution >= 0.6 is 0 Å². The molecule has 1 atom stereocenters. The smallest absolute Gasteiger partial charge is 0.248 e. The van der Waals surface area contributed by atoms with Gasteiger partial charge in [0.1, 0.15) is 11.8 Å². The quantitative estimate of drug-likeness (QED) is 0.855. The fourth-order valence-electron chi connectivity index (χ4n) is 1.78. The summed E-state index contributed by atoms with van der Waals surface area (Å²) >= 11 is 0. The van der Waals surface area contributed by atoms with Crippen LogP contribution in [0.15, 0.2) is 34.9 Å². The van der Waals surface area contributed by atoms with Crippen LogP contribution in [-0.2, 0) is 4.79 Å². The summed E-state index contributed by atoms with van der Waals surface area (Å²) in [5, 5.41) is 9.48. The molecule has 2 N–H and O–H groups in total. The lowest BCUT2D eigenvalue weighted by atomic mass is 10.2. The summed E-state index contributed by atoms with van der Waals surface area (Å²) in [7, 11) is 0. The highest BCUT2D eigenvalue weighted by Gasteiger charge is 2.14. The van der Waals surface area contributed by atoms with E-state index in [0.29, 0.717) is 12.5 Å². The minimum Gasteiger partial charge on any atom is -0.494 e. The van der Waals surface area contributed by atoms with Crippen molar-refractivity contribution in [2.24, 2.45) is 0 Å². The van der Waals surface area contributed by atoms with E-state index in [1.54, 1.807) is 19.9 Å². The van der Waals surface area contributed by atoms with Crippen LogP contribution in [0.5, 0.6) is 5.75 Å². The Kier molecular flexibility index (Phi) is 4.81. The summed E-state index contributed by atoms with van der Waals surface area (Å²) in [6, 6.07) is 8.71. The molecule has 0 fully saturated rings. The molecule has 1 amide bonds. The number of ether oxygens (including phenoxy) is 1. The van der Waals surface area contributed by atoms with Crippen LogP contribution in [0.1, 0.15) is 19.5 Å². The Labute approximate surface area is 123 Å². The van der Waals surface area contributed by atoms with Gasteiger partial charge in [0.05, 0.1) is 12.3 Å². The lowest BCUT2D eigenvalue weighted by molar-refractivity contribution is -0.116. The molecule has 6 heteroatoms. The molecule has 6 nitrogen and oxygen atoms in total. The summed E-state index contributed by atoms with van der Waals surface area (Å²) in [5.41, 5.74) is 1.56. The number of benzene rings is 1. The van der Waals surface area contributed by atoms with Gasteiger partial charge in [0, 0.05) is 11.8 Å². The minimum atomic E-state index is -0.409. The van der Waals surface area contributed by atoms with Gasteiger partial charge in [-0.15, -0.1) is 0 Å². The van der Waals surface area contributed by atoms with Crippen LogP contribution < -0.4 is 15.4 Å². The average Bonchev–Trinajstić information content (AvgIpc) is 2.86. The van der Waals surface area contributed by atoms with Crippen molar-refractivity contribution < 1.29 is 14.1 Å². The SMILES string of the molecule is CCOc1ccc(N[C@@H](C)C(=O)Nc2cc(C)no2)cc1. The van der Waals surface area contributed by atoms with Gasteiger partial charge in [-0.25, -0.2) is 0 Å². The van der Waals surface area contributed by atoms with Crippen molar-refractivity contribution in [2.75, 3.05) is 17.2 Å². The van der Waals surface area contributed by atoms with Gasteiger partial charge in [-0.2, -0.15) is 0 Å². The van der Waals surface area contributed by atoms with E-state index >= 15 is 0 Å². The van der Waals surface area contributed by atoms with Gasteiger partial charge in [0.15, 0.2) is 0 Å². The number of carbonyl (C=O) groups is 1. The number of hydrogen-bond donors (Lipinski definition) is 2.